The van der Waals surface area contributed by atoms with Crippen molar-refractivity contribution < 1.29 is 9.53 Å². The van der Waals surface area contributed by atoms with Crippen LogP contribution >= 0.6 is 23.4 Å². The summed E-state index contributed by atoms with van der Waals surface area (Å²) in [5, 5.41) is 5.93. The van der Waals surface area contributed by atoms with Crippen molar-refractivity contribution in [2.24, 2.45) is 0 Å². The molecule has 1 unspecified atom stereocenters. The van der Waals surface area contributed by atoms with Crippen LogP contribution in [0.5, 0.6) is 5.75 Å². The number of amides is 1. The highest BCUT2D eigenvalue weighted by Crippen LogP contribution is 2.21. The topological polar surface area (TPSA) is 38.3 Å². The second-order valence-electron chi connectivity index (χ2n) is 6.24. The number of hydrogen-bond acceptors (Lipinski definition) is 3. The van der Waals surface area contributed by atoms with E-state index in [1.807, 2.05) is 54.6 Å². The van der Waals surface area contributed by atoms with Gasteiger partial charge in [-0.3, -0.25) is 4.79 Å². The number of carbonyl (C=O) groups is 1. The van der Waals surface area contributed by atoms with Crippen LogP contribution in [0.3, 0.4) is 0 Å². The third-order valence-corrected chi connectivity index (χ3v) is 5.37. The number of carbonyl (C=O) groups excluding carboxylic acids is 1. The number of rotatable bonds is 8. The molecule has 0 saturated carbocycles. The lowest BCUT2D eigenvalue weighted by atomic mass is 10.1. The Kier molecular flexibility index (Phi) is 7.02. The van der Waals surface area contributed by atoms with Gasteiger partial charge in [0.1, 0.15) is 5.75 Å². The first-order valence-electron chi connectivity index (χ1n) is 8.87. The molecule has 0 aliphatic carbocycles. The molecule has 0 spiro atoms. The van der Waals surface area contributed by atoms with Gasteiger partial charge in [0.05, 0.1) is 0 Å². The predicted octanol–water partition coefficient (Wildman–Crippen LogP) is 5.31. The first-order chi connectivity index (χ1) is 13.1. The van der Waals surface area contributed by atoms with Crippen LogP contribution in [0.15, 0.2) is 66.7 Å². The molecule has 0 fully saturated rings. The highest BCUT2D eigenvalue weighted by Gasteiger charge is 2.14. The predicted molar refractivity (Wildman–Crippen MR) is 115 cm³/mol. The van der Waals surface area contributed by atoms with Gasteiger partial charge in [0.25, 0.3) is 5.91 Å². The average Bonchev–Trinajstić information content (AvgIpc) is 2.67. The quantitative estimate of drug-likeness (QED) is 0.521. The molecule has 3 nitrogen and oxygen atoms in total. The molecule has 0 aliphatic rings. The van der Waals surface area contributed by atoms with Crippen molar-refractivity contribution in [1.29, 1.82) is 0 Å². The number of ether oxygens (including phenoxy) is 1. The summed E-state index contributed by atoms with van der Waals surface area (Å²) in [7, 11) is 0. The summed E-state index contributed by atoms with van der Waals surface area (Å²) >= 11 is 7.74. The van der Waals surface area contributed by atoms with Crippen LogP contribution in [0.25, 0.3) is 10.8 Å². The molecule has 1 N–H and O–H groups in total. The fraction of sp³-hybridized carbons (Fsp3) is 0.227. The van der Waals surface area contributed by atoms with Gasteiger partial charge in [0, 0.05) is 23.1 Å². The van der Waals surface area contributed by atoms with E-state index < -0.39 is 6.10 Å². The zero-order valence-electron chi connectivity index (χ0n) is 15.2. The van der Waals surface area contributed by atoms with Crippen LogP contribution < -0.4 is 10.1 Å². The summed E-state index contributed by atoms with van der Waals surface area (Å²) < 4.78 is 5.79. The first-order valence-corrected chi connectivity index (χ1v) is 10.4. The summed E-state index contributed by atoms with van der Waals surface area (Å²) in [6.07, 6.45) is -0.538. The van der Waals surface area contributed by atoms with E-state index in [0.717, 1.165) is 27.3 Å². The van der Waals surface area contributed by atoms with Crippen molar-refractivity contribution in [3.05, 3.63) is 77.3 Å². The number of fused-ring (bicyclic) bond motifs is 1. The van der Waals surface area contributed by atoms with Crippen LogP contribution in [-0.2, 0) is 10.5 Å². The Labute approximate surface area is 169 Å². The minimum absolute atomic E-state index is 0.105. The van der Waals surface area contributed by atoms with Gasteiger partial charge in [0.2, 0.25) is 0 Å². The first kappa shape index (κ1) is 19.6. The molecule has 0 radical (unpaired) electrons. The summed E-state index contributed by atoms with van der Waals surface area (Å²) in [6.45, 7) is 2.37. The molecule has 140 valence electrons. The maximum absolute atomic E-state index is 12.2. The zero-order valence-corrected chi connectivity index (χ0v) is 16.7. The van der Waals surface area contributed by atoms with Crippen LogP contribution in [0.1, 0.15) is 12.5 Å². The summed E-state index contributed by atoms with van der Waals surface area (Å²) in [5.41, 5.74) is 1.19. The van der Waals surface area contributed by atoms with E-state index in [9.17, 15) is 4.79 Å². The molecular weight excluding hydrogens is 378 g/mol. The van der Waals surface area contributed by atoms with Crippen LogP contribution in [-0.4, -0.2) is 24.3 Å². The average molecular weight is 400 g/mol. The molecule has 5 heteroatoms. The van der Waals surface area contributed by atoms with E-state index in [2.05, 4.69) is 17.4 Å². The molecule has 1 amide bonds. The highest BCUT2D eigenvalue weighted by atomic mass is 35.5. The van der Waals surface area contributed by atoms with Gasteiger partial charge in [-0.05, 0) is 47.5 Å². The summed E-state index contributed by atoms with van der Waals surface area (Å²) in [6, 6.07) is 21.8. The monoisotopic (exact) mass is 399 g/mol. The number of nitrogens with one attached hydrogen (secondary N) is 1. The van der Waals surface area contributed by atoms with E-state index in [0.29, 0.717) is 12.3 Å². The Morgan fingerprint density at radius 2 is 1.89 bits per heavy atom. The van der Waals surface area contributed by atoms with Crippen molar-refractivity contribution >= 4 is 40.0 Å². The third-order valence-electron chi connectivity index (χ3n) is 4.11. The number of thioether (sulfide) groups is 1. The standard InChI is InChI=1S/C22H22ClNO2S/c1-16(26-21-10-9-18-6-2-3-7-19(18)14-21)22(25)24-11-12-27-15-17-5-4-8-20(23)13-17/h2-10,13-14,16H,11-12,15H2,1H3,(H,24,25). The van der Waals surface area contributed by atoms with Crippen molar-refractivity contribution in [2.75, 3.05) is 12.3 Å². The van der Waals surface area contributed by atoms with Gasteiger partial charge in [-0.15, -0.1) is 0 Å². The SMILES string of the molecule is CC(Oc1ccc2ccccc2c1)C(=O)NCCSCc1cccc(Cl)c1. The van der Waals surface area contributed by atoms with Gasteiger partial charge in [-0.2, -0.15) is 11.8 Å². The minimum Gasteiger partial charge on any atom is -0.481 e. The summed E-state index contributed by atoms with van der Waals surface area (Å²) in [4.78, 5) is 12.2. The fourth-order valence-electron chi connectivity index (χ4n) is 2.71. The van der Waals surface area contributed by atoms with Gasteiger partial charge in [-0.1, -0.05) is 54.1 Å². The molecular formula is C22H22ClNO2S. The molecule has 0 saturated heterocycles. The molecule has 3 aromatic carbocycles. The maximum Gasteiger partial charge on any atom is 0.260 e. The second-order valence-corrected chi connectivity index (χ2v) is 7.78. The zero-order chi connectivity index (χ0) is 19.1. The van der Waals surface area contributed by atoms with E-state index >= 15 is 0 Å². The highest BCUT2D eigenvalue weighted by molar-refractivity contribution is 7.98. The van der Waals surface area contributed by atoms with Gasteiger partial charge >= 0.3 is 0 Å². The van der Waals surface area contributed by atoms with Crippen LogP contribution in [0.4, 0.5) is 0 Å². The Morgan fingerprint density at radius 1 is 1.07 bits per heavy atom. The molecule has 0 bridgehead atoms. The van der Waals surface area contributed by atoms with Gasteiger partial charge < -0.3 is 10.1 Å². The minimum atomic E-state index is -0.538. The van der Waals surface area contributed by atoms with Crippen LogP contribution in [0, 0.1) is 0 Å². The lowest BCUT2D eigenvalue weighted by molar-refractivity contribution is -0.127. The molecule has 3 aromatic rings. The van der Waals surface area contributed by atoms with E-state index in [-0.39, 0.29) is 5.91 Å². The van der Waals surface area contributed by atoms with E-state index in [1.54, 1.807) is 18.7 Å². The van der Waals surface area contributed by atoms with Gasteiger partial charge in [-0.25, -0.2) is 0 Å². The van der Waals surface area contributed by atoms with Crippen LogP contribution in [0.2, 0.25) is 5.02 Å². The molecule has 0 aromatic heterocycles. The Hall–Kier alpha value is -2.17. The third kappa shape index (κ3) is 5.91. The number of hydrogen-bond donors (Lipinski definition) is 1. The van der Waals surface area contributed by atoms with Crippen molar-refractivity contribution in [1.82, 2.24) is 5.32 Å². The lowest BCUT2D eigenvalue weighted by Gasteiger charge is -2.15. The molecule has 0 aliphatic heterocycles. The van der Waals surface area contributed by atoms with Crippen molar-refractivity contribution in [3.63, 3.8) is 0 Å². The van der Waals surface area contributed by atoms with E-state index in [4.69, 9.17) is 16.3 Å². The number of halogens is 1. The lowest BCUT2D eigenvalue weighted by Crippen LogP contribution is -2.37. The Bertz CT molecular complexity index is 915. The van der Waals surface area contributed by atoms with Gasteiger partial charge in [0.15, 0.2) is 6.10 Å². The van der Waals surface area contributed by atoms with E-state index in [1.165, 1.54) is 5.56 Å². The Morgan fingerprint density at radius 3 is 2.70 bits per heavy atom. The summed E-state index contributed by atoms with van der Waals surface area (Å²) in [5.74, 6) is 2.30. The smallest absolute Gasteiger partial charge is 0.260 e. The van der Waals surface area contributed by atoms with Crippen molar-refractivity contribution in [2.45, 2.75) is 18.8 Å². The number of benzene rings is 3. The maximum atomic E-state index is 12.2. The molecule has 27 heavy (non-hydrogen) atoms. The Balaban J connectivity index is 1.40. The largest absolute Gasteiger partial charge is 0.481 e. The molecule has 0 heterocycles. The normalized spacial score (nSPS) is 11.9. The second kappa shape index (κ2) is 9.67. The fourth-order valence-corrected chi connectivity index (χ4v) is 3.72. The van der Waals surface area contributed by atoms with Crippen molar-refractivity contribution in [3.8, 4) is 5.75 Å². The molecule has 1 atom stereocenters. The molecule has 3 rings (SSSR count).